The second-order valence-corrected chi connectivity index (χ2v) is 11.0. The zero-order valence-electron chi connectivity index (χ0n) is 23.3. The monoisotopic (exact) mass is 492 g/mol. The van der Waals surface area contributed by atoms with Crippen molar-refractivity contribution in [2.45, 2.75) is 141 Å². The summed E-state index contributed by atoms with van der Waals surface area (Å²) < 4.78 is 0. The summed E-state index contributed by atoms with van der Waals surface area (Å²) in [5.41, 5.74) is 16.6. The van der Waals surface area contributed by atoms with Crippen LogP contribution in [0.5, 0.6) is 0 Å². The fourth-order valence-corrected chi connectivity index (χ4v) is 5.34. The molecule has 2 rings (SSSR count). The van der Waals surface area contributed by atoms with Crippen LogP contribution in [0.1, 0.15) is 140 Å². The Morgan fingerprint density at radius 1 is 0.306 bits per heavy atom. The van der Waals surface area contributed by atoms with Crippen LogP contribution < -0.4 is 11.5 Å². The van der Waals surface area contributed by atoms with Crippen LogP contribution in [0.15, 0.2) is 48.5 Å². The molecule has 0 unspecified atom stereocenters. The number of hydrogen-bond donors (Lipinski definition) is 2. The molecule has 0 aliphatic rings. The van der Waals surface area contributed by atoms with Gasteiger partial charge in [-0.3, -0.25) is 0 Å². The average molecular weight is 493 g/mol. The third-order valence-electron chi connectivity index (χ3n) is 7.75. The maximum atomic E-state index is 6.02. The Labute approximate surface area is 223 Å². The van der Waals surface area contributed by atoms with Crippen LogP contribution in [0.2, 0.25) is 0 Å². The van der Waals surface area contributed by atoms with Crippen molar-refractivity contribution in [2.24, 2.45) is 0 Å². The minimum absolute atomic E-state index is 0.959. The van der Waals surface area contributed by atoms with E-state index in [-0.39, 0.29) is 0 Å². The number of rotatable bonds is 23. The Bertz CT molecular complexity index is 704. The number of nitrogens with two attached hydrogens (primary N) is 2. The minimum atomic E-state index is 0.959. The molecular weight excluding hydrogens is 436 g/mol. The van der Waals surface area contributed by atoms with Gasteiger partial charge < -0.3 is 11.5 Å². The van der Waals surface area contributed by atoms with Crippen molar-refractivity contribution in [3.05, 3.63) is 59.7 Å². The predicted octanol–water partition coefficient (Wildman–Crippen LogP) is 10.4. The van der Waals surface area contributed by atoms with Gasteiger partial charge in [-0.15, -0.1) is 0 Å². The molecule has 0 atom stereocenters. The average Bonchev–Trinajstić information content (AvgIpc) is 2.89. The van der Waals surface area contributed by atoms with E-state index in [4.69, 9.17) is 11.5 Å². The zero-order chi connectivity index (χ0) is 25.5. The van der Waals surface area contributed by atoms with Gasteiger partial charge in [0.1, 0.15) is 0 Å². The fourth-order valence-electron chi connectivity index (χ4n) is 5.34. The summed E-state index contributed by atoms with van der Waals surface area (Å²) in [5.74, 6) is 0. The molecular formula is C34H56N2. The lowest BCUT2D eigenvalue weighted by atomic mass is 10.0. The van der Waals surface area contributed by atoms with Crippen molar-refractivity contribution in [3.63, 3.8) is 0 Å². The van der Waals surface area contributed by atoms with Gasteiger partial charge in [-0.2, -0.15) is 0 Å². The first-order valence-corrected chi connectivity index (χ1v) is 15.4. The molecule has 0 saturated carbocycles. The number of nitrogen functional groups attached to an aromatic ring is 2. The van der Waals surface area contributed by atoms with Crippen LogP contribution in [0, 0.1) is 0 Å². The highest BCUT2D eigenvalue weighted by molar-refractivity contribution is 5.46. The van der Waals surface area contributed by atoms with Gasteiger partial charge >= 0.3 is 0 Å². The molecule has 0 radical (unpaired) electrons. The van der Waals surface area contributed by atoms with E-state index in [2.05, 4.69) is 24.3 Å². The third-order valence-corrected chi connectivity index (χ3v) is 7.75. The topological polar surface area (TPSA) is 52.0 Å². The fraction of sp³-hybridized carbons (Fsp3) is 0.647. The quantitative estimate of drug-likeness (QED) is 0.120. The molecule has 0 fully saturated rings. The molecule has 0 aliphatic carbocycles. The highest BCUT2D eigenvalue weighted by Gasteiger charge is 2.00. The molecule has 0 heterocycles. The second-order valence-electron chi connectivity index (χ2n) is 11.0. The third kappa shape index (κ3) is 15.2. The van der Waals surface area contributed by atoms with E-state index < -0.39 is 0 Å². The summed E-state index contributed by atoms with van der Waals surface area (Å²) in [6, 6.07) is 16.6. The van der Waals surface area contributed by atoms with Crippen LogP contribution in [-0.4, -0.2) is 0 Å². The summed E-state index contributed by atoms with van der Waals surface area (Å²) in [6.45, 7) is 0. The van der Waals surface area contributed by atoms with Crippen LogP contribution in [0.3, 0.4) is 0 Å². The van der Waals surface area contributed by atoms with Gasteiger partial charge in [-0.05, 0) is 48.9 Å². The van der Waals surface area contributed by atoms with Crippen LogP contribution in [-0.2, 0) is 12.8 Å². The first-order valence-electron chi connectivity index (χ1n) is 15.4. The van der Waals surface area contributed by atoms with E-state index in [9.17, 15) is 0 Å². The van der Waals surface area contributed by atoms with Gasteiger partial charge in [0.05, 0.1) is 0 Å². The highest BCUT2D eigenvalue weighted by Crippen LogP contribution is 2.18. The number of unbranched alkanes of at least 4 members (excludes halogenated alkanes) is 19. The molecule has 0 amide bonds. The van der Waals surface area contributed by atoms with E-state index in [1.807, 2.05) is 24.3 Å². The molecule has 0 aromatic heterocycles. The summed E-state index contributed by atoms with van der Waals surface area (Å²) in [4.78, 5) is 0. The van der Waals surface area contributed by atoms with E-state index in [1.54, 1.807) is 0 Å². The zero-order valence-corrected chi connectivity index (χ0v) is 23.3. The normalized spacial score (nSPS) is 11.2. The van der Waals surface area contributed by atoms with Gasteiger partial charge in [0.2, 0.25) is 0 Å². The molecule has 0 aliphatic heterocycles. The van der Waals surface area contributed by atoms with Crippen LogP contribution >= 0.6 is 0 Å². The molecule has 4 N–H and O–H groups in total. The predicted molar refractivity (Wildman–Crippen MR) is 161 cm³/mol. The SMILES string of the molecule is Nc1ccccc1CCCCCCCCCCCCCCCCCCCCCCc1ccccc1N. The first kappa shape index (κ1) is 30.3. The summed E-state index contributed by atoms with van der Waals surface area (Å²) in [7, 11) is 0. The molecule has 2 aromatic carbocycles. The second kappa shape index (κ2) is 21.2. The smallest absolute Gasteiger partial charge is 0.0346 e. The van der Waals surface area contributed by atoms with Gasteiger partial charge in [0.25, 0.3) is 0 Å². The molecule has 0 spiro atoms. The van der Waals surface area contributed by atoms with Gasteiger partial charge in [-0.25, -0.2) is 0 Å². The van der Waals surface area contributed by atoms with E-state index in [0.29, 0.717) is 0 Å². The Balaban J connectivity index is 1.22. The van der Waals surface area contributed by atoms with Crippen molar-refractivity contribution in [2.75, 3.05) is 11.5 Å². The Kier molecular flexibility index (Phi) is 17.8. The number of aryl methyl sites for hydroxylation is 2. The van der Waals surface area contributed by atoms with Crippen LogP contribution in [0.4, 0.5) is 11.4 Å². The number of anilines is 2. The lowest BCUT2D eigenvalue weighted by Gasteiger charge is -2.06. The largest absolute Gasteiger partial charge is 0.399 e. The number of hydrogen-bond acceptors (Lipinski definition) is 2. The first-order chi connectivity index (χ1) is 17.8. The van der Waals surface area contributed by atoms with Crippen molar-refractivity contribution < 1.29 is 0 Å². The highest BCUT2D eigenvalue weighted by atomic mass is 14.6. The Hall–Kier alpha value is -1.96. The molecule has 2 nitrogen and oxygen atoms in total. The van der Waals surface area contributed by atoms with Gasteiger partial charge in [0, 0.05) is 11.4 Å². The molecule has 202 valence electrons. The van der Waals surface area contributed by atoms with E-state index in [1.165, 1.54) is 140 Å². The standard InChI is InChI=1S/C34H56N2/c35-33-29-23-21-27-31(33)25-19-17-15-13-11-9-7-5-3-1-2-4-6-8-10-12-14-16-18-20-26-32-28-22-24-30-34(32)36/h21-24,27-30H,1-20,25-26,35-36H2. The molecule has 2 aromatic rings. The number of para-hydroxylation sites is 2. The number of benzene rings is 2. The van der Waals surface area contributed by atoms with Crippen molar-refractivity contribution >= 4 is 11.4 Å². The summed E-state index contributed by atoms with van der Waals surface area (Å²) >= 11 is 0. The Morgan fingerprint density at radius 2 is 0.528 bits per heavy atom. The van der Waals surface area contributed by atoms with E-state index in [0.717, 1.165) is 24.2 Å². The van der Waals surface area contributed by atoms with Crippen molar-refractivity contribution in [3.8, 4) is 0 Å². The van der Waals surface area contributed by atoms with Gasteiger partial charge in [0.15, 0.2) is 0 Å². The van der Waals surface area contributed by atoms with Gasteiger partial charge in [-0.1, -0.05) is 152 Å². The van der Waals surface area contributed by atoms with Crippen molar-refractivity contribution in [1.82, 2.24) is 0 Å². The molecule has 2 heteroatoms. The lowest BCUT2D eigenvalue weighted by Crippen LogP contribution is -1.94. The molecule has 0 saturated heterocycles. The summed E-state index contributed by atoms with van der Waals surface area (Å²) in [5, 5.41) is 0. The molecule has 0 bridgehead atoms. The summed E-state index contributed by atoms with van der Waals surface area (Å²) in [6.07, 6.45) is 30.4. The van der Waals surface area contributed by atoms with E-state index >= 15 is 0 Å². The van der Waals surface area contributed by atoms with Crippen LogP contribution in [0.25, 0.3) is 0 Å². The molecule has 36 heavy (non-hydrogen) atoms. The van der Waals surface area contributed by atoms with Crippen molar-refractivity contribution in [1.29, 1.82) is 0 Å². The Morgan fingerprint density at radius 3 is 0.778 bits per heavy atom. The minimum Gasteiger partial charge on any atom is -0.399 e. The maximum absolute atomic E-state index is 6.02. The maximum Gasteiger partial charge on any atom is 0.0346 e. The lowest BCUT2D eigenvalue weighted by molar-refractivity contribution is 0.521.